The number of carbonyl (C=O) groups excluding carboxylic acids is 2. The van der Waals surface area contributed by atoms with Gasteiger partial charge in [0.2, 0.25) is 0 Å². The quantitative estimate of drug-likeness (QED) is 0.359. The van der Waals surface area contributed by atoms with Crippen LogP contribution in [0.3, 0.4) is 0 Å². The molecule has 0 saturated heterocycles. The van der Waals surface area contributed by atoms with E-state index in [1.165, 1.54) is 35.8 Å². The molecule has 0 fully saturated rings. The van der Waals surface area contributed by atoms with Gasteiger partial charge in [-0.2, -0.15) is 0 Å². The van der Waals surface area contributed by atoms with Crippen molar-refractivity contribution in [1.29, 1.82) is 0 Å². The number of fused-ring (bicyclic) bond motifs is 6. The van der Waals surface area contributed by atoms with Crippen LogP contribution in [-0.4, -0.2) is 31.5 Å². The summed E-state index contributed by atoms with van der Waals surface area (Å²) in [6, 6.07) is 5.39. The van der Waals surface area contributed by atoms with Gasteiger partial charge in [-0.05, 0) is 56.9 Å². The molecule has 1 aromatic carbocycles. The molecule has 1 atom stereocenters. The Bertz CT molecular complexity index is 1710. The second kappa shape index (κ2) is 8.69. The van der Waals surface area contributed by atoms with Gasteiger partial charge in [-0.15, -0.1) is 22.7 Å². The van der Waals surface area contributed by atoms with E-state index in [2.05, 4.69) is 19.9 Å². The van der Waals surface area contributed by atoms with Crippen LogP contribution in [0, 0.1) is 5.92 Å². The third kappa shape index (κ3) is 3.88. The van der Waals surface area contributed by atoms with Crippen LogP contribution in [-0.2, 0) is 17.6 Å². The molecule has 8 nitrogen and oxygen atoms in total. The number of hydrogen-bond donors (Lipinski definition) is 2. The summed E-state index contributed by atoms with van der Waals surface area (Å²) in [5.74, 6) is 0.279. The molecule has 4 aromatic heterocycles. The number of hydrogen-bond acceptors (Lipinski definition) is 8. The molecule has 10 heteroatoms. The average Bonchev–Trinajstić information content (AvgIpc) is 3.37. The average molecular weight is 493 g/mol. The Morgan fingerprint density at radius 3 is 2.32 bits per heavy atom. The van der Waals surface area contributed by atoms with Crippen LogP contribution in [0.5, 0.6) is 0 Å². The Morgan fingerprint density at radius 1 is 0.971 bits per heavy atom. The van der Waals surface area contributed by atoms with Gasteiger partial charge in [-0.25, -0.2) is 9.97 Å². The summed E-state index contributed by atoms with van der Waals surface area (Å²) < 4.78 is 0.967. The van der Waals surface area contributed by atoms with E-state index in [0.29, 0.717) is 27.6 Å². The van der Waals surface area contributed by atoms with E-state index in [1.807, 2.05) is 6.07 Å². The van der Waals surface area contributed by atoms with Crippen LogP contribution < -0.4 is 11.1 Å². The van der Waals surface area contributed by atoms with Gasteiger partial charge >= 0.3 is 0 Å². The van der Waals surface area contributed by atoms with Gasteiger partial charge in [0.25, 0.3) is 11.1 Å². The Balaban J connectivity index is 0.000000142. The number of aromatic nitrogens is 4. The van der Waals surface area contributed by atoms with Gasteiger partial charge in [0, 0.05) is 26.4 Å². The lowest BCUT2D eigenvalue weighted by Gasteiger charge is -2.19. The van der Waals surface area contributed by atoms with Gasteiger partial charge in [-0.3, -0.25) is 19.2 Å². The van der Waals surface area contributed by atoms with Gasteiger partial charge in [0.05, 0.1) is 23.4 Å². The summed E-state index contributed by atoms with van der Waals surface area (Å²) in [7, 11) is 0. The molecule has 0 radical (unpaired) electrons. The second-order valence-corrected chi connectivity index (χ2v) is 10.4. The molecule has 0 amide bonds. The first-order chi connectivity index (χ1) is 16.3. The number of ketones is 2. The highest BCUT2D eigenvalue weighted by Crippen LogP contribution is 2.35. The van der Waals surface area contributed by atoms with Gasteiger partial charge in [0.1, 0.15) is 15.4 Å². The van der Waals surface area contributed by atoms with Gasteiger partial charge < -0.3 is 9.97 Å². The van der Waals surface area contributed by atoms with Crippen LogP contribution >= 0.6 is 22.7 Å². The fraction of sp³-hybridized carbons (Fsp3) is 0.250. The predicted octanol–water partition coefficient (Wildman–Crippen LogP) is 4.02. The molecule has 0 saturated carbocycles. The van der Waals surface area contributed by atoms with Crippen LogP contribution in [0.15, 0.2) is 40.4 Å². The Labute approximate surface area is 200 Å². The van der Waals surface area contributed by atoms with E-state index in [-0.39, 0.29) is 28.6 Å². The number of nitrogens with one attached hydrogen (secondary N) is 2. The minimum Gasteiger partial charge on any atom is -0.313 e. The van der Waals surface area contributed by atoms with Crippen molar-refractivity contribution < 1.29 is 9.59 Å². The number of H-pyrrole nitrogens is 2. The molecule has 34 heavy (non-hydrogen) atoms. The van der Waals surface area contributed by atoms with Gasteiger partial charge in [-0.1, -0.05) is 0 Å². The first kappa shape index (κ1) is 22.3. The Morgan fingerprint density at radius 2 is 1.65 bits per heavy atom. The van der Waals surface area contributed by atoms with Crippen LogP contribution in [0.1, 0.15) is 41.1 Å². The lowest BCUT2D eigenvalue weighted by Crippen LogP contribution is -2.20. The molecule has 6 rings (SSSR count). The molecule has 0 bridgehead atoms. The lowest BCUT2D eigenvalue weighted by molar-refractivity contribution is -0.121. The molecule has 5 aromatic rings. The third-order valence-electron chi connectivity index (χ3n) is 6.10. The highest BCUT2D eigenvalue weighted by atomic mass is 32.1. The molecular weight excluding hydrogens is 472 g/mol. The maximum Gasteiger partial charge on any atom is 0.260 e. The van der Waals surface area contributed by atoms with Gasteiger partial charge in [0.15, 0.2) is 5.78 Å². The smallest absolute Gasteiger partial charge is 0.260 e. The van der Waals surface area contributed by atoms with E-state index in [1.54, 1.807) is 30.4 Å². The zero-order valence-corrected chi connectivity index (χ0v) is 20.1. The third-order valence-corrected chi connectivity index (χ3v) is 8.38. The molecule has 2 N–H and O–H groups in total. The molecular formula is C24H20N4O4S2. The number of aromatic amines is 2. The maximum absolute atomic E-state index is 11.8. The predicted molar refractivity (Wildman–Crippen MR) is 134 cm³/mol. The zero-order valence-electron chi connectivity index (χ0n) is 18.4. The van der Waals surface area contributed by atoms with Crippen molar-refractivity contribution in [1.82, 2.24) is 19.9 Å². The van der Waals surface area contributed by atoms with Crippen LogP contribution in [0.4, 0.5) is 0 Å². The van der Waals surface area contributed by atoms with E-state index < -0.39 is 0 Å². The first-order valence-electron chi connectivity index (χ1n) is 10.7. The number of thiophene rings is 2. The van der Waals surface area contributed by atoms with E-state index in [0.717, 1.165) is 33.3 Å². The highest BCUT2D eigenvalue weighted by Gasteiger charge is 2.26. The largest absolute Gasteiger partial charge is 0.313 e. The molecule has 0 spiro atoms. The number of rotatable bonds is 2. The summed E-state index contributed by atoms with van der Waals surface area (Å²) in [4.78, 5) is 62.6. The summed E-state index contributed by atoms with van der Waals surface area (Å²) in [5.41, 5.74) is 1.41. The molecule has 1 unspecified atom stereocenters. The summed E-state index contributed by atoms with van der Waals surface area (Å²) >= 11 is 3.04. The van der Waals surface area contributed by atoms with Crippen molar-refractivity contribution in [2.75, 3.05) is 0 Å². The number of carbonyl (C=O) groups is 2. The Hall–Kier alpha value is -3.50. The minimum absolute atomic E-state index is 0.00781. The van der Waals surface area contributed by atoms with Crippen molar-refractivity contribution in [3.63, 3.8) is 0 Å². The molecule has 172 valence electrons. The SMILES string of the molecule is CC(=O)C1CCc2sc3nc[nH]c(=O)c3c2C1.CC(=O)c1ccc2sc3nc[nH]c(=O)c3c2c1. The molecule has 4 heterocycles. The summed E-state index contributed by atoms with van der Waals surface area (Å²) in [5, 5.41) is 2.06. The van der Waals surface area contributed by atoms with E-state index in [9.17, 15) is 19.2 Å². The monoisotopic (exact) mass is 492 g/mol. The molecule has 1 aliphatic carbocycles. The fourth-order valence-electron chi connectivity index (χ4n) is 4.30. The standard InChI is InChI=1S/C12H12N2O2S.C12H8N2O2S/c2*1-6(15)7-2-3-9-8(4-7)10-11(16)13-5-14-12(10)17-9/h5,7H,2-4H2,1H3,(H,13,14,16);2-5H,1H3,(H,13,14,16). The van der Waals surface area contributed by atoms with E-state index in [4.69, 9.17) is 0 Å². The second-order valence-electron chi connectivity index (χ2n) is 8.25. The summed E-state index contributed by atoms with van der Waals surface area (Å²) in [6.45, 7) is 3.14. The number of Topliss-reactive ketones (excluding diaryl/α,β-unsaturated/α-hetero) is 2. The van der Waals surface area contributed by atoms with Crippen molar-refractivity contribution in [2.24, 2.45) is 5.92 Å². The Kier molecular flexibility index (Phi) is 5.70. The zero-order chi connectivity index (χ0) is 24.0. The molecule has 0 aliphatic heterocycles. The summed E-state index contributed by atoms with van der Waals surface area (Å²) in [6.07, 6.45) is 5.31. The normalized spacial score (nSPS) is 15.2. The van der Waals surface area contributed by atoms with Crippen molar-refractivity contribution in [2.45, 2.75) is 33.1 Å². The number of nitrogens with zero attached hydrogens (tertiary/aromatic N) is 2. The van der Waals surface area contributed by atoms with Crippen molar-refractivity contribution in [3.05, 3.63) is 67.6 Å². The first-order valence-corrected chi connectivity index (χ1v) is 12.4. The highest BCUT2D eigenvalue weighted by molar-refractivity contribution is 7.25. The maximum atomic E-state index is 11.8. The lowest BCUT2D eigenvalue weighted by atomic mass is 9.85. The van der Waals surface area contributed by atoms with Crippen molar-refractivity contribution in [3.8, 4) is 0 Å². The van der Waals surface area contributed by atoms with E-state index >= 15 is 0 Å². The van der Waals surface area contributed by atoms with Crippen LogP contribution in [0.25, 0.3) is 30.5 Å². The molecule has 1 aliphatic rings. The fourth-order valence-corrected chi connectivity index (χ4v) is 6.51. The minimum atomic E-state index is -0.165. The number of benzene rings is 1. The van der Waals surface area contributed by atoms with Crippen LogP contribution in [0.2, 0.25) is 0 Å². The van der Waals surface area contributed by atoms with Crippen molar-refractivity contribution >= 4 is 64.8 Å². The topological polar surface area (TPSA) is 126 Å². The number of aryl methyl sites for hydroxylation is 1.